The number of amides is 2. The van der Waals surface area contributed by atoms with Gasteiger partial charge in [0.05, 0.1) is 47.9 Å². The van der Waals surface area contributed by atoms with Gasteiger partial charge in [-0.3, -0.25) is 14.6 Å². The first kappa shape index (κ1) is 29.5. The summed E-state index contributed by atoms with van der Waals surface area (Å²) in [5, 5.41) is 9.08. The van der Waals surface area contributed by atoms with Crippen molar-refractivity contribution >= 4 is 40.8 Å². The third-order valence-corrected chi connectivity index (χ3v) is 8.17. The van der Waals surface area contributed by atoms with Crippen molar-refractivity contribution < 1.29 is 28.2 Å². The third kappa shape index (κ3) is 4.88. The molecule has 9 nitrogen and oxygen atoms in total. The Balaban J connectivity index is 1.67. The minimum Gasteiger partial charge on any atom is -0.495 e. The maximum atomic E-state index is 15.9. The summed E-state index contributed by atoms with van der Waals surface area (Å²) in [4.78, 5) is 45.0. The summed E-state index contributed by atoms with van der Waals surface area (Å²) in [5.74, 6) is -2.99. The fraction of sp³-hybridized carbons (Fsp3) is 0.355. The van der Waals surface area contributed by atoms with Crippen LogP contribution in [-0.4, -0.2) is 49.1 Å². The molecule has 2 amide bonds. The van der Waals surface area contributed by atoms with Crippen molar-refractivity contribution in [2.24, 2.45) is 5.41 Å². The zero-order valence-electron chi connectivity index (χ0n) is 23.9. The number of halogens is 2. The maximum Gasteiger partial charge on any atom is 0.337 e. The minimum absolute atomic E-state index is 0.119. The molecule has 1 saturated heterocycles. The molecule has 0 unspecified atom stereocenters. The number of carbonyl (C=O) groups is 3. The van der Waals surface area contributed by atoms with E-state index in [1.165, 1.54) is 38.5 Å². The zero-order chi connectivity index (χ0) is 30.4. The van der Waals surface area contributed by atoms with Crippen molar-refractivity contribution in [3.05, 3.63) is 82.4 Å². The molecule has 3 N–H and O–H groups in total. The van der Waals surface area contributed by atoms with Crippen LogP contribution in [0.15, 0.2) is 54.7 Å². The first-order chi connectivity index (χ1) is 19.9. The second-order valence-electron chi connectivity index (χ2n) is 11.7. The van der Waals surface area contributed by atoms with Crippen LogP contribution in [0.25, 0.3) is 0 Å². The number of ether oxygens (including phenoxy) is 2. The van der Waals surface area contributed by atoms with E-state index >= 15 is 4.39 Å². The third-order valence-electron chi connectivity index (χ3n) is 7.87. The molecular weight excluding hydrogens is 563 g/mol. The molecule has 220 valence electrons. The van der Waals surface area contributed by atoms with Crippen LogP contribution < -0.4 is 20.7 Å². The fourth-order valence-corrected chi connectivity index (χ4v) is 6.38. The van der Waals surface area contributed by atoms with Gasteiger partial charge in [0.15, 0.2) is 0 Å². The van der Waals surface area contributed by atoms with Crippen LogP contribution in [0.1, 0.15) is 54.7 Å². The molecule has 2 aliphatic heterocycles. The van der Waals surface area contributed by atoms with E-state index in [9.17, 15) is 14.4 Å². The summed E-state index contributed by atoms with van der Waals surface area (Å²) >= 11 is 6.25. The Morgan fingerprint density at radius 2 is 1.90 bits per heavy atom. The normalized spacial score (nSPS) is 22.9. The monoisotopic (exact) mass is 594 g/mol. The molecule has 5 rings (SSSR count). The topological polar surface area (TPSA) is 119 Å². The molecular formula is C31H32ClFN4O5. The van der Waals surface area contributed by atoms with Gasteiger partial charge in [0.25, 0.3) is 0 Å². The smallest absolute Gasteiger partial charge is 0.337 e. The number of nitrogens with zero attached hydrogens (tertiary/aromatic N) is 1. The average molecular weight is 595 g/mol. The van der Waals surface area contributed by atoms with Gasteiger partial charge in [-0.2, -0.15) is 0 Å². The second kappa shape index (κ2) is 11.0. The van der Waals surface area contributed by atoms with Gasteiger partial charge in [-0.05, 0) is 53.8 Å². The summed E-state index contributed by atoms with van der Waals surface area (Å²) in [6.45, 7) is 6.10. The molecule has 0 bridgehead atoms. The highest BCUT2D eigenvalue weighted by Crippen LogP contribution is 2.56. The maximum absolute atomic E-state index is 15.9. The van der Waals surface area contributed by atoms with Crippen LogP contribution in [0.3, 0.4) is 0 Å². The number of esters is 1. The zero-order valence-corrected chi connectivity index (χ0v) is 24.6. The number of fused-ring (bicyclic) bond motifs is 2. The van der Waals surface area contributed by atoms with E-state index in [2.05, 4.69) is 20.9 Å². The standard InChI is InChI=1S/C31H32ClFN4O5/c1-30(2,3)15-22-31(26-20(36-29(31)40)10-7-13-34-26)23(17-8-6-9-18(32)24(17)33)25(37-22)27(38)35-19-12-11-16(28(39)42-5)14-21(19)41-4/h6-14,22-23,25,37H,15H2,1-5H3,(H,35,38)(H,36,40)/t22-,23-,25+,31+/m0/s1. The van der Waals surface area contributed by atoms with Crippen molar-refractivity contribution in [2.75, 3.05) is 24.9 Å². The Kier molecular flexibility index (Phi) is 7.72. The largest absolute Gasteiger partial charge is 0.495 e. The molecule has 1 aromatic heterocycles. The van der Waals surface area contributed by atoms with E-state index in [-0.39, 0.29) is 38.9 Å². The molecule has 1 spiro atoms. The van der Waals surface area contributed by atoms with E-state index in [0.29, 0.717) is 17.8 Å². The summed E-state index contributed by atoms with van der Waals surface area (Å²) < 4.78 is 26.1. The number of rotatable bonds is 6. The average Bonchev–Trinajstić information content (AvgIpc) is 3.44. The first-order valence-corrected chi connectivity index (χ1v) is 13.8. The number of nitrogens with one attached hydrogen (secondary N) is 3. The highest BCUT2D eigenvalue weighted by molar-refractivity contribution is 6.30. The molecule has 1 fully saturated rings. The molecule has 2 aliphatic rings. The fourth-order valence-electron chi connectivity index (χ4n) is 6.20. The molecule has 42 heavy (non-hydrogen) atoms. The highest BCUT2D eigenvalue weighted by Gasteiger charge is 2.67. The number of anilines is 2. The lowest BCUT2D eigenvalue weighted by Gasteiger charge is -2.36. The minimum atomic E-state index is -1.43. The van der Waals surface area contributed by atoms with Gasteiger partial charge in [0, 0.05) is 18.2 Å². The first-order valence-electron chi connectivity index (χ1n) is 13.5. The molecule has 4 atom stereocenters. The Labute approximate surface area is 248 Å². The number of pyridine rings is 1. The Morgan fingerprint density at radius 1 is 1.14 bits per heavy atom. The quantitative estimate of drug-likeness (QED) is 0.341. The Bertz CT molecular complexity index is 1580. The van der Waals surface area contributed by atoms with Crippen molar-refractivity contribution in [2.45, 2.75) is 50.6 Å². The lowest BCUT2D eigenvalue weighted by Crippen LogP contribution is -2.50. The molecule has 11 heteroatoms. The van der Waals surface area contributed by atoms with Gasteiger partial charge in [-0.1, -0.05) is 44.5 Å². The molecule has 2 aromatic carbocycles. The van der Waals surface area contributed by atoms with Crippen LogP contribution in [-0.2, 0) is 19.7 Å². The number of aromatic nitrogens is 1. The molecule has 0 radical (unpaired) electrons. The van der Waals surface area contributed by atoms with Gasteiger partial charge in [0.2, 0.25) is 11.8 Å². The van der Waals surface area contributed by atoms with Crippen LogP contribution in [0.5, 0.6) is 5.75 Å². The van der Waals surface area contributed by atoms with E-state index in [1.54, 1.807) is 30.5 Å². The lowest BCUT2D eigenvalue weighted by molar-refractivity contribution is -0.122. The van der Waals surface area contributed by atoms with Crippen molar-refractivity contribution in [3.63, 3.8) is 0 Å². The van der Waals surface area contributed by atoms with E-state index in [1.807, 2.05) is 20.8 Å². The van der Waals surface area contributed by atoms with Gasteiger partial charge >= 0.3 is 5.97 Å². The van der Waals surface area contributed by atoms with Crippen LogP contribution in [0.4, 0.5) is 15.8 Å². The van der Waals surface area contributed by atoms with Crippen molar-refractivity contribution in [1.82, 2.24) is 10.3 Å². The van der Waals surface area contributed by atoms with Gasteiger partial charge in [-0.25, -0.2) is 9.18 Å². The van der Waals surface area contributed by atoms with E-state index in [0.717, 1.165) is 0 Å². The van der Waals surface area contributed by atoms with E-state index < -0.39 is 41.1 Å². The van der Waals surface area contributed by atoms with Crippen LogP contribution in [0, 0.1) is 11.2 Å². The predicted octanol–water partition coefficient (Wildman–Crippen LogP) is 5.06. The van der Waals surface area contributed by atoms with Crippen LogP contribution in [0.2, 0.25) is 5.02 Å². The number of hydrogen-bond donors (Lipinski definition) is 3. The van der Waals surface area contributed by atoms with Crippen LogP contribution >= 0.6 is 11.6 Å². The molecule has 0 saturated carbocycles. The van der Waals surface area contributed by atoms with Crippen molar-refractivity contribution in [1.29, 1.82) is 0 Å². The summed E-state index contributed by atoms with van der Waals surface area (Å²) in [7, 11) is 2.67. The molecule has 0 aliphatic carbocycles. The lowest BCUT2D eigenvalue weighted by atomic mass is 9.64. The number of methoxy groups -OCH3 is 2. The van der Waals surface area contributed by atoms with Crippen molar-refractivity contribution in [3.8, 4) is 5.75 Å². The van der Waals surface area contributed by atoms with Gasteiger partial charge in [-0.15, -0.1) is 0 Å². The number of carbonyl (C=O) groups excluding carboxylic acids is 3. The summed E-state index contributed by atoms with van der Waals surface area (Å²) in [6.07, 6.45) is 2.05. The highest BCUT2D eigenvalue weighted by atomic mass is 35.5. The van der Waals surface area contributed by atoms with E-state index in [4.69, 9.17) is 21.1 Å². The molecule has 3 aromatic rings. The second-order valence-corrected chi connectivity index (χ2v) is 12.1. The van der Waals surface area contributed by atoms with Gasteiger partial charge < -0.3 is 25.4 Å². The van der Waals surface area contributed by atoms with Gasteiger partial charge in [0.1, 0.15) is 17.0 Å². The molecule has 3 heterocycles. The number of benzene rings is 2. The summed E-state index contributed by atoms with van der Waals surface area (Å²) in [6, 6.07) is 10.8. The number of hydrogen-bond acceptors (Lipinski definition) is 7. The Hall–Kier alpha value is -4.02. The Morgan fingerprint density at radius 3 is 2.60 bits per heavy atom. The predicted molar refractivity (Wildman–Crippen MR) is 156 cm³/mol. The SMILES string of the molecule is COC(=O)c1ccc(NC(=O)[C@@H]2N[C@@H](CC(C)(C)C)[C@@]3(C(=O)Nc4cccnc43)[C@H]2c2cccc(Cl)c2F)c(OC)c1. The summed E-state index contributed by atoms with van der Waals surface area (Å²) in [5.41, 5.74) is -0.125.